The number of rotatable bonds is 4. The second kappa shape index (κ2) is 6.41. The smallest absolute Gasteiger partial charge is 0.323 e. The van der Waals surface area contributed by atoms with Crippen LogP contribution < -0.4 is 5.32 Å². The highest BCUT2D eigenvalue weighted by Crippen LogP contribution is 2.34. The van der Waals surface area contributed by atoms with Crippen molar-refractivity contribution in [2.24, 2.45) is 0 Å². The van der Waals surface area contributed by atoms with Crippen LogP contribution in [0.5, 0.6) is 0 Å². The van der Waals surface area contributed by atoms with Crippen LogP contribution in [0.1, 0.15) is 29.2 Å². The van der Waals surface area contributed by atoms with Gasteiger partial charge in [0.15, 0.2) is 11.4 Å². The molecule has 0 unspecified atom stereocenters. The van der Waals surface area contributed by atoms with Gasteiger partial charge in [0, 0.05) is 18.7 Å². The minimum Gasteiger partial charge on any atom is -0.323 e. The zero-order valence-electron chi connectivity index (χ0n) is 13.0. The van der Waals surface area contributed by atoms with Crippen molar-refractivity contribution in [1.29, 1.82) is 0 Å². The summed E-state index contributed by atoms with van der Waals surface area (Å²) in [6.45, 7) is 2.46. The molecule has 0 aliphatic rings. The monoisotopic (exact) mass is 369 g/mol. The number of amides is 1. The van der Waals surface area contributed by atoms with Crippen molar-refractivity contribution < 1.29 is 31.1 Å². The number of anilines is 1. The molecular formula is C13H13F6N5O. The van der Waals surface area contributed by atoms with Crippen molar-refractivity contribution in [2.75, 3.05) is 5.32 Å². The molecule has 12 heteroatoms. The number of hydrogen-bond donors (Lipinski definition) is 2. The minimum absolute atomic E-state index is 0.00954. The van der Waals surface area contributed by atoms with Crippen molar-refractivity contribution >= 4 is 11.6 Å². The first kappa shape index (κ1) is 18.8. The molecule has 0 radical (unpaired) electrons. The average molecular weight is 369 g/mol. The first-order valence-corrected chi connectivity index (χ1v) is 6.93. The average Bonchev–Trinajstić information content (AvgIpc) is 3.00. The lowest BCUT2D eigenvalue weighted by Crippen LogP contribution is -2.19. The highest BCUT2D eigenvalue weighted by atomic mass is 19.4. The second-order valence-electron chi connectivity index (χ2n) is 5.26. The number of carbonyl (C=O) groups excluding carboxylic acids is 1. The third-order valence-electron chi connectivity index (χ3n) is 3.30. The maximum atomic E-state index is 12.8. The molecule has 0 fully saturated rings. The minimum atomic E-state index is -4.76. The number of aromatic nitrogens is 4. The second-order valence-corrected chi connectivity index (χ2v) is 5.26. The molecule has 25 heavy (non-hydrogen) atoms. The molecule has 0 saturated carbocycles. The van der Waals surface area contributed by atoms with Gasteiger partial charge in [-0.3, -0.25) is 14.6 Å². The van der Waals surface area contributed by atoms with Crippen LogP contribution in [0, 0.1) is 13.8 Å². The molecule has 1 amide bonds. The van der Waals surface area contributed by atoms with Crippen LogP contribution in [0.25, 0.3) is 0 Å². The Morgan fingerprint density at radius 1 is 1.20 bits per heavy atom. The van der Waals surface area contributed by atoms with Gasteiger partial charge >= 0.3 is 12.4 Å². The Bertz CT molecular complexity index is 773. The molecule has 2 aromatic heterocycles. The fourth-order valence-electron chi connectivity index (χ4n) is 2.07. The lowest BCUT2D eigenvalue weighted by Gasteiger charge is -2.09. The zero-order valence-corrected chi connectivity index (χ0v) is 13.0. The highest BCUT2D eigenvalue weighted by Gasteiger charge is 2.38. The summed E-state index contributed by atoms with van der Waals surface area (Å²) in [5, 5.41) is 10.6. The molecule has 0 aliphatic carbocycles. The molecule has 2 heterocycles. The van der Waals surface area contributed by atoms with Crippen molar-refractivity contribution in [1.82, 2.24) is 20.0 Å². The topological polar surface area (TPSA) is 75.6 Å². The first-order valence-electron chi connectivity index (χ1n) is 6.93. The van der Waals surface area contributed by atoms with Gasteiger partial charge in [0.1, 0.15) is 0 Å². The number of halogens is 6. The Hall–Kier alpha value is -2.53. The predicted octanol–water partition coefficient (Wildman–Crippen LogP) is 3.29. The molecule has 0 bridgehead atoms. The number of hydrogen-bond acceptors (Lipinski definition) is 3. The van der Waals surface area contributed by atoms with Gasteiger partial charge in [0.2, 0.25) is 5.91 Å². The maximum absolute atomic E-state index is 12.8. The zero-order chi connectivity index (χ0) is 19.0. The van der Waals surface area contributed by atoms with E-state index in [2.05, 4.69) is 20.6 Å². The van der Waals surface area contributed by atoms with Crippen molar-refractivity contribution in [2.45, 2.75) is 39.2 Å². The summed E-state index contributed by atoms with van der Waals surface area (Å²) < 4.78 is 77.0. The van der Waals surface area contributed by atoms with Crippen molar-refractivity contribution in [3.05, 3.63) is 28.8 Å². The number of aryl methyl sites for hydroxylation is 3. The summed E-state index contributed by atoms with van der Waals surface area (Å²) in [5.74, 6) is -0.807. The van der Waals surface area contributed by atoms with E-state index in [4.69, 9.17) is 0 Å². The Morgan fingerprint density at radius 3 is 2.36 bits per heavy atom. The van der Waals surface area contributed by atoms with Crippen LogP contribution >= 0.6 is 0 Å². The van der Waals surface area contributed by atoms with E-state index in [0.29, 0.717) is 0 Å². The van der Waals surface area contributed by atoms with Crippen LogP contribution in [0.2, 0.25) is 0 Å². The molecule has 0 atom stereocenters. The Kier molecular flexibility index (Phi) is 4.82. The Morgan fingerprint density at radius 2 is 1.84 bits per heavy atom. The van der Waals surface area contributed by atoms with E-state index < -0.39 is 35.3 Å². The number of H-pyrrole nitrogens is 1. The number of nitrogens with zero attached hydrogens (tertiary/aromatic N) is 3. The van der Waals surface area contributed by atoms with E-state index in [1.807, 2.05) is 0 Å². The number of alkyl halides is 6. The maximum Gasteiger partial charge on any atom is 0.437 e. The number of carbonyl (C=O) groups is 1. The molecule has 0 spiro atoms. The molecular weight excluding hydrogens is 356 g/mol. The summed E-state index contributed by atoms with van der Waals surface area (Å²) in [5.41, 5.74) is -2.69. The van der Waals surface area contributed by atoms with E-state index in [1.54, 1.807) is 0 Å². The Labute approximate surface area is 137 Å². The summed E-state index contributed by atoms with van der Waals surface area (Å²) in [6.07, 6.45) is -9.73. The van der Waals surface area contributed by atoms with Crippen LogP contribution in [-0.2, 0) is 23.7 Å². The Balaban J connectivity index is 2.06. The molecule has 6 nitrogen and oxygen atoms in total. The van der Waals surface area contributed by atoms with Crippen LogP contribution in [-0.4, -0.2) is 25.9 Å². The highest BCUT2D eigenvalue weighted by molar-refractivity contribution is 5.91. The van der Waals surface area contributed by atoms with Gasteiger partial charge < -0.3 is 5.32 Å². The molecule has 138 valence electrons. The molecule has 0 aliphatic heterocycles. The van der Waals surface area contributed by atoms with E-state index in [1.165, 1.54) is 13.8 Å². The van der Waals surface area contributed by atoms with E-state index in [9.17, 15) is 31.1 Å². The molecule has 0 aromatic carbocycles. The van der Waals surface area contributed by atoms with Gasteiger partial charge in [0.25, 0.3) is 0 Å². The van der Waals surface area contributed by atoms with Crippen LogP contribution in [0.3, 0.4) is 0 Å². The molecule has 2 rings (SSSR count). The van der Waals surface area contributed by atoms with Crippen LogP contribution in [0.15, 0.2) is 6.07 Å². The van der Waals surface area contributed by atoms with Crippen molar-refractivity contribution in [3.8, 4) is 0 Å². The van der Waals surface area contributed by atoms with E-state index >= 15 is 0 Å². The lowest BCUT2D eigenvalue weighted by atomic mass is 10.2. The third-order valence-corrected chi connectivity index (χ3v) is 3.30. The van der Waals surface area contributed by atoms with Crippen LogP contribution in [0.4, 0.5) is 32.0 Å². The summed E-state index contributed by atoms with van der Waals surface area (Å²) in [7, 11) is 0. The summed E-state index contributed by atoms with van der Waals surface area (Å²) in [4.78, 5) is 11.8. The molecule has 2 N–H and O–H groups in total. The van der Waals surface area contributed by atoms with E-state index in [-0.39, 0.29) is 24.4 Å². The van der Waals surface area contributed by atoms with Gasteiger partial charge in [-0.2, -0.15) is 36.5 Å². The van der Waals surface area contributed by atoms with E-state index in [0.717, 1.165) is 10.7 Å². The van der Waals surface area contributed by atoms with Gasteiger partial charge in [-0.05, 0) is 19.9 Å². The SMILES string of the molecule is Cc1[nH]nc(C(F)(F)F)c1NC(=O)CCn1nc(C(F)(F)F)cc1C. The fraction of sp³-hybridized carbons (Fsp3) is 0.462. The molecule has 2 aromatic rings. The van der Waals surface area contributed by atoms with Crippen molar-refractivity contribution in [3.63, 3.8) is 0 Å². The fourth-order valence-corrected chi connectivity index (χ4v) is 2.07. The number of nitrogens with one attached hydrogen (secondary N) is 2. The lowest BCUT2D eigenvalue weighted by molar-refractivity contribution is -0.141. The standard InChI is InChI=1S/C13H13F6N5O/c1-6-5-8(12(14,15)16)23-24(6)4-3-9(25)20-10-7(2)21-22-11(10)13(17,18)19/h5H,3-4H2,1-2H3,(H,20,25)(H,21,22). The van der Waals surface area contributed by atoms with Gasteiger partial charge in [-0.25, -0.2) is 0 Å². The summed E-state index contributed by atoms with van der Waals surface area (Å²) in [6, 6.07) is 0.819. The molecule has 0 saturated heterocycles. The quantitative estimate of drug-likeness (QED) is 0.812. The summed E-state index contributed by atoms with van der Waals surface area (Å²) >= 11 is 0. The normalized spacial score (nSPS) is 12.5. The van der Waals surface area contributed by atoms with Gasteiger partial charge in [-0.1, -0.05) is 0 Å². The predicted molar refractivity (Wildman–Crippen MR) is 73.5 cm³/mol. The third kappa shape index (κ3) is 4.31. The number of aromatic amines is 1. The largest absolute Gasteiger partial charge is 0.437 e. The van der Waals surface area contributed by atoms with Gasteiger partial charge in [0.05, 0.1) is 11.4 Å². The van der Waals surface area contributed by atoms with Gasteiger partial charge in [-0.15, -0.1) is 0 Å². The first-order chi connectivity index (χ1) is 11.4.